The lowest BCUT2D eigenvalue weighted by molar-refractivity contribution is 0.0791. The topological polar surface area (TPSA) is 46.3 Å². The molecule has 1 fully saturated rings. The van der Waals surface area contributed by atoms with Crippen molar-refractivity contribution in [3.63, 3.8) is 0 Å². The van der Waals surface area contributed by atoms with Gasteiger partial charge in [-0.15, -0.1) is 0 Å². The lowest BCUT2D eigenvalue weighted by Gasteiger charge is -2.16. The number of hydrogen-bond acceptors (Lipinski definition) is 2. The molecule has 86 valence electrons. The molecule has 1 amide bonds. The van der Waals surface area contributed by atoms with Crippen LogP contribution in [0.2, 0.25) is 5.02 Å². The van der Waals surface area contributed by atoms with Gasteiger partial charge in [0.25, 0.3) is 5.91 Å². The van der Waals surface area contributed by atoms with Crippen LogP contribution in [0, 0.1) is 0 Å². The van der Waals surface area contributed by atoms with E-state index in [1.165, 1.54) is 0 Å². The fourth-order valence-corrected chi connectivity index (χ4v) is 2.38. The second kappa shape index (κ2) is 4.73. The highest BCUT2D eigenvalue weighted by Crippen LogP contribution is 2.27. The Hall–Kier alpha value is -0.580. The van der Waals surface area contributed by atoms with E-state index in [1.54, 1.807) is 17.0 Å². The number of nitrogens with two attached hydrogens (primary N) is 1. The zero-order valence-electron chi connectivity index (χ0n) is 8.62. The summed E-state index contributed by atoms with van der Waals surface area (Å²) in [6.07, 6.45) is 0.858. The van der Waals surface area contributed by atoms with Crippen LogP contribution in [0.15, 0.2) is 22.7 Å². The van der Waals surface area contributed by atoms with E-state index >= 15 is 0 Å². The Balaban J connectivity index is 2.24. The molecule has 1 heterocycles. The number of carbonyl (C=O) groups excluding carboxylic acids is 1. The minimum atomic E-state index is -0.0424. The molecule has 0 bridgehead atoms. The number of amides is 1. The third-order valence-corrected chi connectivity index (χ3v) is 3.99. The van der Waals surface area contributed by atoms with Gasteiger partial charge < -0.3 is 10.6 Å². The van der Waals surface area contributed by atoms with Crippen molar-refractivity contribution in [3.8, 4) is 0 Å². The molecule has 16 heavy (non-hydrogen) atoms. The van der Waals surface area contributed by atoms with Crippen LogP contribution in [0.25, 0.3) is 0 Å². The van der Waals surface area contributed by atoms with Crippen molar-refractivity contribution in [2.24, 2.45) is 5.73 Å². The molecule has 1 aliphatic rings. The normalized spacial score (nSPS) is 20.2. The largest absolute Gasteiger partial charge is 0.337 e. The van der Waals surface area contributed by atoms with Crippen molar-refractivity contribution >= 4 is 33.4 Å². The molecule has 1 aromatic rings. The zero-order chi connectivity index (χ0) is 11.7. The van der Waals surface area contributed by atoms with Gasteiger partial charge in [0.1, 0.15) is 0 Å². The highest BCUT2D eigenvalue weighted by Gasteiger charge is 2.26. The summed E-state index contributed by atoms with van der Waals surface area (Å²) >= 11 is 9.38. The van der Waals surface area contributed by atoms with Crippen LogP contribution < -0.4 is 5.73 Å². The molecule has 2 N–H and O–H groups in total. The van der Waals surface area contributed by atoms with Crippen molar-refractivity contribution in [2.45, 2.75) is 12.5 Å². The Kier molecular flexibility index (Phi) is 3.52. The molecule has 1 atom stereocenters. The quantitative estimate of drug-likeness (QED) is 0.865. The first-order valence-electron chi connectivity index (χ1n) is 5.08. The van der Waals surface area contributed by atoms with Gasteiger partial charge in [0.2, 0.25) is 0 Å². The van der Waals surface area contributed by atoms with Gasteiger partial charge >= 0.3 is 0 Å². The third-order valence-electron chi connectivity index (χ3n) is 2.69. The fraction of sp³-hybridized carbons (Fsp3) is 0.364. The molecule has 0 aromatic heterocycles. The van der Waals surface area contributed by atoms with Crippen molar-refractivity contribution in [1.82, 2.24) is 4.90 Å². The lowest BCUT2D eigenvalue weighted by atomic mass is 10.2. The molecule has 0 unspecified atom stereocenters. The van der Waals surface area contributed by atoms with Crippen molar-refractivity contribution in [1.29, 1.82) is 0 Å². The molecule has 0 saturated carbocycles. The van der Waals surface area contributed by atoms with E-state index in [1.807, 2.05) is 6.07 Å². The molecule has 0 aliphatic carbocycles. The molecule has 1 aromatic carbocycles. The number of likely N-dealkylation sites (tertiary alicyclic amines) is 1. The first-order valence-corrected chi connectivity index (χ1v) is 6.25. The summed E-state index contributed by atoms with van der Waals surface area (Å²) in [7, 11) is 0. The standard InChI is InChI=1S/C11H12BrClN2O/c12-9-3-1-2-8(10(9)13)11(16)15-5-4-7(14)6-15/h1-3,7H,4-6,14H2/t7-/m0/s1. The predicted octanol–water partition coefficient (Wildman–Crippen LogP) is 2.28. The Morgan fingerprint density at radius 1 is 1.56 bits per heavy atom. The fourth-order valence-electron chi connectivity index (χ4n) is 1.81. The summed E-state index contributed by atoms with van der Waals surface area (Å²) in [5.74, 6) is -0.0424. The third kappa shape index (κ3) is 2.24. The summed E-state index contributed by atoms with van der Waals surface area (Å²) in [6, 6.07) is 5.45. The number of benzene rings is 1. The van der Waals surface area contributed by atoms with Crippen LogP contribution in [-0.2, 0) is 0 Å². The van der Waals surface area contributed by atoms with E-state index in [0.717, 1.165) is 10.9 Å². The molecule has 2 rings (SSSR count). The first-order chi connectivity index (χ1) is 7.59. The number of carbonyl (C=O) groups is 1. The van der Waals surface area contributed by atoms with Gasteiger partial charge in [-0.25, -0.2) is 0 Å². The van der Waals surface area contributed by atoms with E-state index < -0.39 is 0 Å². The van der Waals surface area contributed by atoms with E-state index in [2.05, 4.69) is 15.9 Å². The monoisotopic (exact) mass is 302 g/mol. The van der Waals surface area contributed by atoms with Crippen LogP contribution >= 0.6 is 27.5 Å². The molecular weight excluding hydrogens is 291 g/mol. The molecule has 1 aliphatic heterocycles. The van der Waals surface area contributed by atoms with Gasteiger partial charge in [-0.2, -0.15) is 0 Å². The summed E-state index contributed by atoms with van der Waals surface area (Å²) in [6.45, 7) is 1.32. The molecule has 0 radical (unpaired) electrons. The highest BCUT2D eigenvalue weighted by molar-refractivity contribution is 9.10. The second-order valence-corrected chi connectivity index (χ2v) is 5.13. The number of halogens is 2. The smallest absolute Gasteiger partial charge is 0.255 e. The molecule has 1 saturated heterocycles. The summed E-state index contributed by atoms with van der Waals surface area (Å²) in [5, 5.41) is 0.466. The minimum Gasteiger partial charge on any atom is -0.337 e. The average Bonchev–Trinajstić information content (AvgIpc) is 2.68. The lowest BCUT2D eigenvalue weighted by Crippen LogP contribution is -2.32. The Labute approximate surface area is 108 Å². The highest BCUT2D eigenvalue weighted by atomic mass is 79.9. The van der Waals surface area contributed by atoms with Crippen LogP contribution in [0.5, 0.6) is 0 Å². The summed E-state index contributed by atoms with van der Waals surface area (Å²) in [5.41, 5.74) is 6.31. The average molecular weight is 304 g/mol. The van der Waals surface area contributed by atoms with Gasteiger partial charge in [-0.1, -0.05) is 17.7 Å². The maximum atomic E-state index is 12.1. The minimum absolute atomic E-state index is 0.0424. The van der Waals surface area contributed by atoms with Gasteiger partial charge in [-0.05, 0) is 34.5 Å². The van der Waals surface area contributed by atoms with Crippen LogP contribution in [0.1, 0.15) is 16.8 Å². The Morgan fingerprint density at radius 3 is 2.94 bits per heavy atom. The van der Waals surface area contributed by atoms with E-state index in [4.69, 9.17) is 17.3 Å². The molecule has 3 nitrogen and oxygen atoms in total. The number of rotatable bonds is 1. The molecule has 0 spiro atoms. The SMILES string of the molecule is N[C@H]1CCN(C(=O)c2cccc(Br)c2Cl)C1. The van der Waals surface area contributed by atoms with Crippen LogP contribution in [0.3, 0.4) is 0 Å². The van der Waals surface area contributed by atoms with Crippen LogP contribution in [0.4, 0.5) is 0 Å². The maximum absolute atomic E-state index is 12.1. The predicted molar refractivity (Wildman–Crippen MR) is 67.6 cm³/mol. The van der Waals surface area contributed by atoms with Gasteiger partial charge in [-0.3, -0.25) is 4.79 Å². The van der Waals surface area contributed by atoms with E-state index in [-0.39, 0.29) is 11.9 Å². The maximum Gasteiger partial charge on any atom is 0.255 e. The summed E-state index contributed by atoms with van der Waals surface area (Å²) < 4.78 is 0.739. The van der Waals surface area contributed by atoms with Gasteiger partial charge in [0.15, 0.2) is 0 Å². The Bertz CT molecular complexity index is 424. The van der Waals surface area contributed by atoms with Crippen molar-refractivity contribution in [2.75, 3.05) is 13.1 Å². The number of nitrogens with zero attached hydrogens (tertiary/aromatic N) is 1. The van der Waals surface area contributed by atoms with Crippen LogP contribution in [-0.4, -0.2) is 29.9 Å². The van der Waals surface area contributed by atoms with Gasteiger partial charge in [0.05, 0.1) is 10.6 Å². The second-order valence-electron chi connectivity index (χ2n) is 3.90. The van der Waals surface area contributed by atoms with Crippen molar-refractivity contribution < 1.29 is 4.79 Å². The Morgan fingerprint density at radius 2 is 2.31 bits per heavy atom. The number of hydrogen-bond donors (Lipinski definition) is 1. The van der Waals surface area contributed by atoms with Gasteiger partial charge in [0, 0.05) is 23.6 Å². The van der Waals surface area contributed by atoms with E-state index in [9.17, 15) is 4.79 Å². The molecular formula is C11H12BrClN2O. The first kappa shape index (κ1) is 11.9. The summed E-state index contributed by atoms with van der Waals surface area (Å²) in [4.78, 5) is 13.9. The zero-order valence-corrected chi connectivity index (χ0v) is 11.0. The van der Waals surface area contributed by atoms with E-state index in [0.29, 0.717) is 23.7 Å². The molecule has 5 heteroatoms. The van der Waals surface area contributed by atoms with Crippen molar-refractivity contribution in [3.05, 3.63) is 33.3 Å².